The van der Waals surface area contributed by atoms with Crippen LogP contribution < -0.4 is 10.2 Å². The molecule has 4 nitrogen and oxygen atoms in total. The minimum absolute atomic E-state index is 0.195. The minimum atomic E-state index is -2.91. The second-order valence-corrected chi connectivity index (χ2v) is 7.14. The van der Waals surface area contributed by atoms with Gasteiger partial charge in [-0.15, -0.1) is 0 Å². The highest BCUT2D eigenvalue weighted by Crippen LogP contribution is 2.30. The molecule has 1 N–H and O–H groups in total. The molecule has 1 aromatic carbocycles. The van der Waals surface area contributed by atoms with E-state index in [0.29, 0.717) is 6.54 Å². The van der Waals surface area contributed by atoms with E-state index in [-0.39, 0.29) is 5.75 Å². The van der Waals surface area contributed by atoms with Gasteiger partial charge in [0.05, 0.1) is 5.75 Å². The summed E-state index contributed by atoms with van der Waals surface area (Å²) < 4.78 is 22.4. The summed E-state index contributed by atoms with van der Waals surface area (Å²) in [5.74, 6) is 0.195. The van der Waals surface area contributed by atoms with Crippen LogP contribution >= 0.6 is 0 Å². The zero-order valence-electron chi connectivity index (χ0n) is 10.9. The fourth-order valence-corrected chi connectivity index (χ4v) is 2.88. The van der Waals surface area contributed by atoms with Gasteiger partial charge >= 0.3 is 0 Å². The van der Waals surface area contributed by atoms with E-state index in [9.17, 15) is 8.42 Å². The molecule has 1 heterocycles. The number of nitrogens with one attached hydrogen (secondary N) is 1. The number of nitrogens with zero attached hydrogens (tertiary/aromatic N) is 1. The van der Waals surface area contributed by atoms with Crippen LogP contribution in [0.15, 0.2) is 18.2 Å². The molecular formula is C13H20N2O2S. The van der Waals surface area contributed by atoms with Crippen molar-refractivity contribution in [1.82, 2.24) is 0 Å². The topological polar surface area (TPSA) is 49.4 Å². The van der Waals surface area contributed by atoms with E-state index in [0.717, 1.165) is 25.1 Å². The molecule has 0 amide bonds. The summed E-state index contributed by atoms with van der Waals surface area (Å²) in [6, 6.07) is 6.17. The van der Waals surface area contributed by atoms with Crippen molar-refractivity contribution < 1.29 is 8.42 Å². The van der Waals surface area contributed by atoms with E-state index >= 15 is 0 Å². The molecule has 0 saturated carbocycles. The molecule has 0 radical (unpaired) electrons. The van der Waals surface area contributed by atoms with E-state index in [1.807, 2.05) is 18.0 Å². The lowest BCUT2D eigenvalue weighted by Crippen LogP contribution is -2.26. The Balaban J connectivity index is 2.17. The van der Waals surface area contributed by atoms with Gasteiger partial charge in [0, 0.05) is 37.8 Å². The molecule has 100 valence electrons. The van der Waals surface area contributed by atoms with Crippen molar-refractivity contribution in [2.45, 2.75) is 12.8 Å². The number of rotatable bonds is 4. The number of hydrogen-bond acceptors (Lipinski definition) is 4. The van der Waals surface area contributed by atoms with Crippen LogP contribution in [0, 0.1) is 0 Å². The second-order valence-electron chi connectivity index (χ2n) is 4.89. The molecule has 0 spiro atoms. The highest BCUT2D eigenvalue weighted by atomic mass is 32.2. The van der Waals surface area contributed by atoms with Crippen LogP contribution in [0.25, 0.3) is 0 Å². The Morgan fingerprint density at radius 3 is 2.89 bits per heavy atom. The van der Waals surface area contributed by atoms with Crippen molar-refractivity contribution in [2.24, 2.45) is 0 Å². The number of benzene rings is 1. The average molecular weight is 268 g/mol. The van der Waals surface area contributed by atoms with Crippen molar-refractivity contribution in [3.8, 4) is 0 Å². The predicted molar refractivity (Wildman–Crippen MR) is 76.2 cm³/mol. The highest BCUT2D eigenvalue weighted by molar-refractivity contribution is 7.90. The fourth-order valence-electron chi connectivity index (χ4n) is 2.27. The number of hydrogen-bond donors (Lipinski definition) is 1. The smallest absolute Gasteiger partial charge is 0.149 e. The molecule has 18 heavy (non-hydrogen) atoms. The van der Waals surface area contributed by atoms with Gasteiger partial charge in [0.25, 0.3) is 0 Å². The first-order chi connectivity index (χ1) is 8.47. The van der Waals surface area contributed by atoms with E-state index in [2.05, 4.69) is 17.4 Å². The van der Waals surface area contributed by atoms with E-state index in [1.54, 1.807) is 0 Å². The number of fused-ring (bicyclic) bond motifs is 1. The summed E-state index contributed by atoms with van der Waals surface area (Å²) in [7, 11) is -0.952. The van der Waals surface area contributed by atoms with Gasteiger partial charge < -0.3 is 10.2 Å². The molecule has 0 atom stereocenters. The highest BCUT2D eigenvalue weighted by Gasteiger charge is 2.15. The van der Waals surface area contributed by atoms with Crippen LogP contribution in [0.4, 0.5) is 11.4 Å². The maximum atomic E-state index is 11.2. The third kappa shape index (κ3) is 3.16. The van der Waals surface area contributed by atoms with Crippen LogP contribution in [0.2, 0.25) is 0 Å². The lowest BCUT2D eigenvalue weighted by atomic mass is 10.0. The monoisotopic (exact) mass is 268 g/mol. The number of sulfone groups is 1. The molecule has 1 aromatic rings. The molecule has 1 aliphatic heterocycles. The van der Waals surface area contributed by atoms with E-state index in [1.165, 1.54) is 17.5 Å². The molecule has 0 aromatic heterocycles. The Morgan fingerprint density at radius 1 is 1.39 bits per heavy atom. The van der Waals surface area contributed by atoms with Crippen LogP contribution in [0.5, 0.6) is 0 Å². The van der Waals surface area contributed by atoms with Gasteiger partial charge in [-0.2, -0.15) is 0 Å². The number of anilines is 2. The Morgan fingerprint density at radius 2 is 2.17 bits per heavy atom. The van der Waals surface area contributed by atoms with Gasteiger partial charge in [0.1, 0.15) is 9.84 Å². The normalized spacial score (nSPS) is 14.8. The molecule has 2 rings (SSSR count). The molecule has 0 fully saturated rings. The molecule has 1 aliphatic rings. The fraction of sp³-hybridized carbons (Fsp3) is 0.538. The molecule has 0 unspecified atom stereocenters. The summed E-state index contributed by atoms with van der Waals surface area (Å²) in [5, 5.41) is 3.39. The summed E-state index contributed by atoms with van der Waals surface area (Å²) in [6.45, 7) is 1.55. The molecule has 0 aliphatic carbocycles. The molecule has 0 saturated heterocycles. The van der Waals surface area contributed by atoms with Gasteiger partial charge in [0.2, 0.25) is 0 Å². The third-order valence-electron chi connectivity index (χ3n) is 3.28. The molecular weight excluding hydrogens is 248 g/mol. The standard InChI is InChI=1S/C13H20N2O2S/c1-15(9-10-18(2,16)17)13-7-3-6-12-11(13)5-4-8-14-12/h3,6-7,14H,4-5,8-10H2,1-2H3. The lowest BCUT2D eigenvalue weighted by molar-refractivity contribution is 0.601. The first kappa shape index (κ1) is 13.2. The Kier molecular flexibility index (Phi) is 3.80. The summed E-state index contributed by atoms with van der Waals surface area (Å²) in [5.41, 5.74) is 3.63. The van der Waals surface area contributed by atoms with Crippen LogP contribution in [-0.2, 0) is 16.3 Å². The average Bonchev–Trinajstić information content (AvgIpc) is 2.34. The summed E-state index contributed by atoms with van der Waals surface area (Å²) in [6.07, 6.45) is 3.47. The molecule has 0 bridgehead atoms. The van der Waals surface area contributed by atoms with Gasteiger partial charge in [0.15, 0.2) is 0 Å². The zero-order chi connectivity index (χ0) is 13.2. The summed E-state index contributed by atoms with van der Waals surface area (Å²) in [4.78, 5) is 2.03. The third-order valence-corrected chi connectivity index (χ3v) is 4.20. The van der Waals surface area contributed by atoms with Crippen molar-refractivity contribution in [3.05, 3.63) is 23.8 Å². The first-order valence-corrected chi connectivity index (χ1v) is 8.28. The van der Waals surface area contributed by atoms with Crippen molar-refractivity contribution in [2.75, 3.05) is 42.4 Å². The zero-order valence-corrected chi connectivity index (χ0v) is 11.8. The van der Waals surface area contributed by atoms with Gasteiger partial charge in [-0.1, -0.05) is 6.07 Å². The van der Waals surface area contributed by atoms with Gasteiger partial charge in [-0.05, 0) is 30.5 Å². The van der Waals surface area contributed by atoms with Crippen molar-refractivity contribution >= 4 is 21.2 Å². The second kappa shape index (κ2) is 5.18. The summed E-state index contributed by atoms with van der Waals surface area (Å²) >= 11 is 0. The van der Waals surface area contributed by atoms with E-state index < -0.39 is 9.84 Å². The minimum Gasteiger partial charge on any atom is -0.385 e. The largest absolute Gasteiger partial charge is 0.385 e. The quantitative estimate of drug-likeness (QED) is 0.899. The van der Waals surface area contributed by atoms with Crippen LogP contribution in [0.3, 0.4) is 0 Å². The van der Waals surface area contributed by atoms with Crippen LogP contribution in [0.1, 0.15) is 12.0 Å². The van der Waals surface area contributed by atoms with Crippen LogP contribution in [-0.4, -0.2) is 40.6 Å². The van der Waals surface area contributed by atoms with Crippen molar-refractivity contribution in [1.29, 1.82) is 0 Å². The van der Waals surface area contributed by atoms with Gasteiger partial charge in [-0.3, -0.25) is 0 Å². The maximum Gasteiger partial charge on any atom is 0.149 e. The first-order valence-electron chi connectivity index (χ1n) is 6.22. The van der Waals surface area contributed by atoms with Crippen molar-refractivity contribution in [3.63, 3.8) is 0 Å². The Bertz CT molecular complexity index is 526. The van der Waals surface area contributed by atoms with E-state index in [4.69, 9.17) is 0 Å². The SMILES string of the molecule is CN(CCS(C)(=O)=O)c1cccc2c1CCCN2. The predicted octanol–water partition coefficient (Wildman–Crippen LogP) is 1.53. The Labute approximate surface area is 109 Å². The molecule has 5 heteroatoms. The Hall–Kier alpha value is -1.23. The van der Waals surface area contributed by atoms with Gasteiger partial charge in [-0.25, -0.2) is 8.42 Å². The maximum absolute atomic E-state index is 11.2. The lowest BCUT2D eigenvalue weighted by Gasteiger charge is -2.27.